The maximum absolute atomic E-state index is 4.34. The van der Waals surface area contributed by atoms with Gasteiger partial charge in [0.15, 0.2) is 0 Å². The Morgan fingerprint density at radius 2 is 2.23 bits per heavy atom. The van der Waals surface area contributed by atoms with Gasteiger partial charge in [-0.3, -0.25) is 4.68 Å². The molecule has 0 saturated heterocycles. The van der Waals surface area contributed by atoms with Gasteiger partial charge in [-0.05, 0) is 17.7 Å². The van der Waals surface area contributed by atoms with Crippen molar-refractivity contribution in [2.45, 2.75) is 5.33 Å². The summed E-state index contributed by atoms with van der Waals surface area (Å²) in [7, 11) is 1.94. The fraction of sp³-hybridized carbons (Fsp3) is 0.222. The van der Waals surface area contributed by atoms with Crippen LogP contribution < -0.4 is 0 Å². The third-order valence-electron chi connectivity index (χ3n) is 1.99. The summed E-state index contributed by atoms with van der Waals surface area (Å²) in [6.07, 6.45) is 2.04. The van der Waals surface area contributed by atoms with Gasteiger partial charge in [0.25, 0.3) is 0 Å². The molecule has 0 unspecified atom stereocenters. The maximum Gasteiger partial charge on any atom is 0.0927 e. The minimum atomic E-state index is 0.844. The van der Waals surface area contributed by atoms with E-state index in [2.05, 4.69) is 37.0 Å². The Morgan fingerprint density at radius 1 is 1.46 bits per heavy atom. The van der Waals surface area contributed by atoms with Crippen molar-refractivity contribution in [3.8, 4) is 0 Å². The van der Waals surface area contributed by atoms with Crippen LogP contribution in [-0.2, 0) is 12.4 Å². The fourth-order valence-electron chi connectivity index (χ4n) is 1.38. The molecule has 1 aromatic carbocycles. The Labute approximate surface area is 93.2 Å². The van der Waals surface area contributed by atoms with Crippen LogP contribution in [-0.4, -0.2) is 9.78 Å². The normalized spacial score (nSPS) is 11.0. The van der Waals surface area contributed by atoms with Crippen LogP contribution in [0.2, 0.25) is 0 Å². The second kappa shape index (κ2) is 3.42. The van der Waals surface area contributed by atoms with Gasteiger partial charge in [-0.15, -0.1) is 0 Å². The van der Waals surface area contributed by atoms with Gasteiger partial charge in [0.05, 0.1) is 5.52 Å². The predicted molar refractivity (Wildman–Crippen MR) is 61.0 cm³/mol. The van der Waals surface area contributed by atoms with Gasteiger partial charge >= 0.3 is 0 Å². The molecular weight excluding hydrogens is 296 g/mol. The topological polar surface area (TPSA) is 17.8 Å². The number of aromatic nitrogens is 2. The maximum atomic E-state index is 4.34. The molecule has 1 heterocycles. The molecule has 0 saturated carbocycles. The molecular formula is C9H8Br2N2. The zero-order valence-electron chi connectivity index (χ0n) is 7.09. The van der Waals surface area contributed by atoms with E-state index < -0.39 is 0 Å². The third-order valence-corrected chi connectivity index (χ3v) is 3.30. The van der Waals surface area contributed by atoms with Crippen molar-refractivity contribution >= 4 is 42.8 Å². The van der Waals surface area contributed by atoms with Crippen molar-refractivity contribution in [1.82, 2.24) is 9.78 Å². The highest BCUT2D eigenvalue weighted by Crippen LogP contribution is 2.27. The molecule has 0 atom stereocenters. The highest BCUT2D eigenvalue weighted by atomic mass is 79.9. The van der Waals surface area contributed by atoms with Crippen LogP contribution in [0.25, 0.3) is 10.9 Å². The van der Waals surface area contributed by atoms with Gasteiger partial charge in [0, 0.05) is 28.4 Å². The average Bonchev–Trinajstić information content (AvgIpc) is 2.45. The largest absolute Gasteiger partial charge is 0.275 e. The molecule has 2 aromatic rings. The number of fused-ring (bicyclic) bond motifs is 1. The number of halogens is 2. The number of hydrogen-bond donors (Lipinski definition) is 0. The Bertz CT molecular complexity index is 448. The molecule has 2 nitrogen and oxygen atoms in total. The monoisotopic (exact) mass is 302 g/mol. The van der Waals surface area contributed by atoms with E-state index in [4.69, 9.17) is 0 Å². The van der Waals surface area contributed by atoms with Crippen LogP contribution in [0, 0.1) is 0 Å². The summed E-state index contributed by atoms with van der Waals surface area (Å²) < 4.78 is 2.97. The van der Waals surface area contributed by atoms with Crippen molar-refractivity contribution in [2.24, 2.45) is 7.05 Å². The van der Waals surface area contributed by atoms with Crippen molar-refractivity contribution in [3.05, 3.63) is 28.4 Å². The van der Waals surface area contributed by atoms with E-state index in [0.29, 0.717) is 0 Å². The van der Waals surface area contributed by atoms with Crippen molar-refractivity contribution < 1.29 is 0 Å². The molecule has 0 aliphatic carbocycles. The highest BCUT2D eigenvalue weighted by molar-refractivity contribution is 9.10. The lowest BCUT2D eigenvalue weighted by Crippen LogP contribution is -1.84. The van der Waals surface area contributed by atoms with Crippen LogP contribution in [0.5, 0.6) is 0 Å². The molecule has 0 aliphatic rings. The van der Waals surface area contributed by atoms with E-state index in [9.17, 15) is 0 Å². The van der Waals surface area contributed by atoms with Crippen molar-refractivity contribution in [3.63, 3.8) is 0 Å². The third kappa shape index (κ3) is 1.53. The van der Waals surface area contributed by atoms with Crippen molar-refractivity contribution in [2.75, 3.05) is 0 Å². The van der Waals surface area contributed by atoms with E-state index in [1.165, 1.54) is 10.9 Å². The molecule has 4 heteroatoms. The first-order chi connectivity index (χ1) is 6.22. The van der Waals surface area contributed by atoms with Gasteiger partial charge in [-0.2, -0.15) is 5.10 Å². The number of rotatable bonds is 1. The van der Waals surface area contributed by atoms with E-state index in [1.807, 2.05) is 30.1 Å². The van der Waals surface area contributed by atoms with Gasteiger partial charge in [0.2, 0.25) is 0 Å². The fourth-order valence-corrected chi connectivity index (χ4v) is 2.84. The quantitative estimate of drug-likeness (QED) is 0.740. The predicted octanol–water partition coefficient (Wildman–Crippen LogP) is 3.23. The number of hydrogen-bond acceptors (Lipinski definition) is 1. The van der Waals surface area contributed by atoms with E-state index in [-0.39, 0.29) is 0 Å². The molecule has 0 N–H and O–H groups in total. The first-order valence-electron chi connectivity index (χ1n) is 3.89. The van der Waals surface area contributed by atoms with E-state index in [1.54, 1.807) is 0 Å². The molecule has 2 rings (SSSR count). The second-order valence-corrected chi connectivity index (χ2v) is 4.31. The number of nitrogens with zero attached hydrogens (tertiary/aromatic N) is 2. The lowest BCUT2D eigenvalue weighted by Gasteiger charge is -1.99. The summed E-state index contributed by atoms with van der Waals surface area (Å²) in [5.41, 5.74) is 2.30. The van der Waals surface area contributed by atoms with Crippen molar-refractivity contribution in [1.29, 1.82) is 0 Å². The molecule has 0 spiro atoms. The Balaban J connectivity index is 2.82. The second-order valence-electron chi connectivity index (χ2n) is 2.90. The molecule has 0 radical (unpaired) electrons. The molecule has 0 fully saturated rings. The smallest absolute Gasteiger partial charge is 0.0927 e. The lowest BCUT2D eigenvalue weighted by atomic mass is 10.1. The summed E-state index contributed by atoms with van der Waals surface area (Å²) in [4.78, 5) is 0. The number of aryl methyl sites for hydroxylation is 1. The van der Waals surface area contributed by atoms with Crippen LogP contribution in [0.3, 0.4) is 0 Å². The first kappa shape index (κ1) is 9.21. The lowest BCUT2D eigenvalue weighted by molar-refractivity contribution is 0.779. The molecule has 1 aromatic heterocycles. The number of alkyl halides is 1. The Hall–Kier alpha value is -0.350. The molecule has 0 amide bonds. The zero-order chi connectivity index (χ0) is 9.42. The first-order valence-corrected chi connectivity index (χ1v) is 5.80. The Kier molecular flexibility index (Phi) is 2.43. The van der Waals surface area contributed by atoms with Crippen LogP contribution >= 0.6 is 31.9 Å². The molecule has 13 heavy (non-hydrogen) atoms. The van der Waals surface area contributed by atoms with Crippen LogP contribution in [0.4, 0.5) is 0 Å². The minimum Gasteiger partial charge on any atom is -0.275 e. The zero-order valence-corrected chi connectivity index (χ0v) is 10.3. The molecule has 0 aliphatic heterocycles. The average molecular weight is 304 g/mol. The molecule has 68 valence electrons. The van der Waals surface area contributed by atoms with Gasteiger partial charge in [-0.1, -0.05) is 31.9 Å². The SMILES string of the molecule is Cn1cc2c(CBr)c(Br)ccc2n1. The molecule has 0 bridgehead atoms. The standard InChI is InChI=1S/C9H8Br2N2/c1-13-5-7-6(4-10)8(11)2-3-9(7)12-13/h2-3,5H,4H2,1H3. The summed E-state index contributed by atoms with van der Waals surface area (Å²) in [6.45, 7) is 0. The summed E-state index contributed by atoms with van der Waals surface area (Å²) in [6, 6.07) is 4.05. The van der Waals surface area contributed by atoms with Gasteiger partial charge in [0.1, 0.15) is 0 Å². The van der Waals surface area contributed by atoms with E-state index in [0.717, 1.165) is 15.3 Å². The summed E-state index contributed by atoms with van der Waals surface area (Å²) in [5, 5.41) is 6.38. The van der Waals surface area contributed by atoms with Gasteiger partial charge < -0.3 is 0 Å². The Morgan fingerprint density at radius 3 is 2.92 bits per heavy atom. The highest BCUT2D eigenvalue weighted by Gasteiger charge is 2.06. The summed E-state index contributed by atoms with van der Waals surface area (Å²) in [5.74, 6) is 0. The van der Waals surface area contributed by atoms with Crippen LogP contribution in [0.1, 0.15) is 5.56 Å². The van der Waals surface area contributed by atoms with Gasteiger partial charge in [-0.25, -0.2) is 0 Å². The number of benzene rings is 1. The van der Waals surface area contributed by atoms with Crippen LogP contribution in [0.15, 0.2) is 22.8 Å². The summed E-state index contributed by atoms with van der Waals surface area (Å²) >= 11 is 6.99. The minimum absolute atomic E-state index is 0.844. The van der Waals surface area contributed by atoms with E-state index >= 15 is 0 Å².